The van der Waals surface area contributed by atoms with Crippen LogP contribution >= 0.6 is 12.6 Å². The lowest BCUT2D eigenvalue weighted by Crippen LogP contribution is -2.61. The van der Waals surface area contributed by atoms with Gasteiger partial charge in [0.15, 0.2) is 0 Å². The van der Waals surface area contributed by atoms with Gasteiger partial charge in [-0.05, 0) is 115 Å². The lowest BCUT2D eigenvalue weighted by atomic mass is 10.00. The average molecular weight is 1610 g/mol. The summed E-state index contributed by atoms with van der Waals surface area (Å²) < 4.78 is 0. The van der Waals surface area contributed by atoms with Crippen LogP contribution in [0.5, 0.6) is 0 Å². The first kappa shape index (κ1) is 91.8. The van der Waals surface area contributed by atoms with Gasteiger partial charge in [0.05, 0.1) is 12.1 Å². The van der Waals surface area contributed by atoms with Crippen LogP contribution in [0.15, 0.2) is 91.0 Å². The van der Waals surface area contributed by atoms with E-state index in [1.165, 1.54) is 49.3 Å². The lowest BCUT2D eigenvalue weighted by molar-refractivity contribution is -0.148. The number of amides is 16. The number of nitrogens with zero attached hydrogens (tertiary/aromatic N) is 3. The van der Waals surface area contributed by atoms with Crippen molar-refractivity contribution in [2.24, 2.45) is 23.1 Å². The maximum atomic E-state index is 14.9. The van der Waals surface area contributed by atoms with E-state index in [2.05, 4.69) is 71.1 Å². The number of benzene rings is 3. The molecule has 37 heteroatoms. The highest BCUT2D eigenvalue weighted by Gasteiger charge is 2.46. The molecule has 3 aliphatic rings. The Labute approximate surface area is 666 Å². The molecule has 16 amide bonds. The number of hydrogen-bond donors (Lipinski definition) is 17. The number of hydrogen-bond acceptors (Lipinski definition) is 20. The number of carbonyl (C=O) groups excluding carboxylic acids is 16. The third-order valence-corrected chi connectivity index (χ3v) is 20.1. The van der Waals surface area contributed by atoms with E-state index in [0.717, 1.165) is 0 Å². The highest BCUT2D eigenvalue weighted by atomic mass is 32.1. The van der Waals surface area contributed by atoms with Crippen molar-refractivity contribution >= 4 is 113 Å². The second-order valence-corrected chi connectivity index (χ2v) is 29.8. The Morgan fingerprint density at radius 3 is 1.25 bits per heavy atom. The molecule has 6 rings (SSSR count). The molecule has 0 unspecified atom stereocenters. The Bertz CT molecular complexity index is 3920. The van der Waals surface area contributed by atoms with Crippen LogP contribution < -0.4 is 75.7 Å². The van der Waals surface area contributed by atoms with Gasteiger partial charge in [-0.15, -0.1) is 0 Å². The molecule has 16 atom stereocenters. The van der Waals surface area contributed by atoms with Crippen molar-refractivity contribution in [2.75, 3.05) is 25.4 Å². The predicted octanol–water partition coefficient (Wildman–Crippen LogP) is -3.60. The summed E-state index contributed by atoms with van der Waals surface area (Å²) in [7, 11) is 0. The summed E-state index contributed by atoms with van der Waals surface area (Å²) in [6, 6.07) is 5.77. The predicted molar refractivity (Wildman–Crippen MR) is 416 cm³/mol. The first-order chi connectivity index (χ1) is 54.0. The van der Waals surface area contributed by atoms with Crippen LogP contribution in [-0.2, 0) is 101 Å². The SMILES string of the molecule is CC(C)C[C@H](NC(=O)[C@H](Cc1ccccc1)NC(=O)[C@@H]1CCCN1C(=O)[C@H](CCC(N)=O)NC(=O)[C@@H](N)CCC(N)=O)C(=O)N1CCC[C@H]1C(=O)N1CCC[C@H]1C(=O)N[C@@H](C)C(=O)N[C@@H](C)C(=O)N[C@@H](CS)C(=O)N[C@@H](Cc1ccccc1)C(=O)N[C@@H](Cc1ccccc1)C(=O)N[C@@H](C)C(=O)N[C@H](C(=O)N[C@@H](C)C(=O)O)[C@@H](C)O. The number of rotatable bonds is 42. The molecule has 0 spiro atoms. The average Bonchev–Trinajstić information content (AvgIpc) is 1.64. The van der Waals surface area contributed by atoms with Gasteiger partial charge in [-0.1, -0.05) is 105 Å². The highest BCUT2D eigenvalue weighted by molar-refractivity contribution is 7.80. The number of carboxylic acids is 1. The summed E-state index contributed by atoms with van der Waals surface area (Å²) in [4.78, 5) is 236. The van der Waals surface area contributed by atoms with E-state index in [0.29, 0.717) is 36.0 Å². The fraction of sp³-hybridized carbons (Fsp3) is 0.545. The topological polar surface area (TPSA) is 551 Å². The minimum atomic E-state index is -1.63. The van der Waals surface area contributed by atoms with Crippen LogP contribution in [0.4, 0.5) is 0 Å². The molecule has 3 aromatic carbocycles. The molecule has 36 nitrogen and oxygen atoms in total. The minimum absolute atomic E-state index is 0.0634. The van der Waals surface area contributed by atoms with E-state index in [1.807, 2.05) is 13.8 Å². The summed E-state index contributed by atoms with van der Waals surface area (Å²) in [6.07, 6.45) is -1.03. The van der Waals surface area contributed by atoms with Crippen LogP contribution in [0, 0.1) is 5.92 Å². The number of aliphatic hydroxyl groups excluding tert-OH is 1. The molecule has 3 fully saturated rings. The number of nitrogens with two attached hydrogens (primary N) is 3. The molecule has 622 valence electrons. The van der Waals surface area contributed by atoms with Gasteiger partial charge in [0, 0.05) is 57.5 Å². The standard InChI is InChI=1S/C77H109N17O19S/c1-41(2)36-55(89-69(104)54(39-49-24-15-10-16-25-49)88-72(107)58-27-17-33-92(58)74(109)51(30-32-61(80)97)85-66(101)50(78)29-31-60(79)96)75(110)94-35-19-28-59(94)76(111)93-34-18-26-57(93)71(106)83-42(3)63(98)81-43(4)64(99)90-56(40-114)70(105)87-53(38-48-22-13-9-14-23-48)68(103)86-52(37-47-20-11-8-12-21-47)67(102)82-44(5)65(100)91-62(46(7)95)73(108)84-45(6)77(112)113/h8-16,20-25,41-46,50-59,62,95,114H,17-19,26-40,78H2,1-7H3,(H2,79,96)(H2,80,97)(H,81,98)(H,82,102)(H,83,106)(H,84,108)(H,85,101)(H,86,103)(H,87,105)(H,88,107)(H,89,104)(H,90,99)(H,91,100)(H,112,113)/t42-,43-,44-,45-,46+,50-,51-,52-,53-,54-,55-,56-,57-,58-,59-,62-/m0/s1. The van der Waals surface area contributed by atoms with Crippen LogP contribution in [0.1, 0.15) is 136 Å². The Balaban J connectivity index is 1.08. The Morgan fingerprint density at radius 2 is 0.772 bits per heavy atom. The van der Waals surface area contributed by atoms with E-state index < -0.39 is 197 Å². The molecule has 0 saturated carbocycles. The van der Waals surface area contributed by atoms with Crippen molar-refractivity contribution < 1.29 is 91.7 Å². The van der Waals surface area contributed by atoms with Gasteiger partial charge >= 0.3 is 5.97 Å². The molecule has 0 radical (unpaired) electrons. The molecule has 3 aromatic rings. The maximum Gasteiger partial charge on any atom is 0.325 e. The highest BCUT2D eigenvalue weighted by Crippen LogP contribution is 2.28. The number of aliphatic carboxylic acids is 1. The van der Waals surface area contributed by atoms with Crippen molar-refractivity contribution in [1.82, 2.24) is 73.2 Å². The van der Waals surface area contributed by atoms with E-state index >= 15 is 0 Å². The molecular weight excluding hydrogens is 1500 g/mol. The number of aliphatic hydroxyl groups is 1. The maximum absolute atomic E-state index is 14.9. The first-order valence-electron chi connectivity index (χ1n) is 38.2. The van der Waals surface area contributed by atoms with Gasteiger partial charge in [0.2, 0.25) is 94.5 Å². The van der Waals surface area contributed by atoms with E-state index in [1.54, 1.807) is 91.0 Å². The second kappa shape index (κ2) is 44.4. The Morgan fingerprint density at radius 1 is 0.412 bits per heavy atom. The largest absolute Gasteiger partial charge is 0.480 e. The fourth-order valence-corrected chi connectivity index (χ4v) is 13.6. The quantitative estimate of drug-likeness (QED) is 0.0244. The molecule has 3 saturated heterocycles. The smallest absolute Gasteiger partial charge is 0.325 e. The van der Waals surface area contributed by atoms with Crippen LogP contribution in [0.3, 0.4) is 0 Å². The monoisotopic (exact) mass is 1610 g/mol. The number of carbonyl (C=O) groups is 17. The van der Waals surface area contributed by atoms with Gasteiger partial charge in [-0.2, -0.15) is 12.6 Å². The first-order valence-corrected chi connectivity index (χ1v) is 38.8. The summed E-state index contributed by atoms with van der Waals surface area (Å²) >= 11 is 4.31. The van der Waals surface area contributed by atoms with Gasteiger partial charge in [0.1, 0.15) is 84.6 Å². The third kappa shape index (κ3) is 27.6. The Kier molecular flexibility index (Phi) is 35.7. The Hall–Kier alpha value is -11.1. The van der Waals surface area contributed by atoms with Crippen molar-refractivity contribution in [3.05, 3.63) is 108 Å². The molecule has 19 N–H and O–H groups in total. The summed E-state index contributed by atoms with van der Waals surface area (Å²) in [6.45, 7) is 10.2. The number of primary amides is 2. The van der Waals surface area contributed by atoms with Crippen LogP contribution in [-0.4, -0.2) is 248 Å². The zero-order chi connectivity index (χ0) is 84.2. The molecule has 3 aliphatic heterocycles. The molecule has 0 aromatic heterocycles. The summed E-state index contributed by atoms with van der Waals surface area (Å²) in [5.41, 5.74) is 18.4. The third-order valence-electron chi connectivity index (χ3n) is 19.8. The van der Waals surface area contributed by atoms with Crippen molar-refractivity contribution in [3.8, 4) is 0 Å². The lowest BCUT2D eigenvalue weighted by Gasteiger charge is -2.34. The van der Waals surface area contributed by atoms with Crippen LogP contribution in [0.2, 0.25) is 0 Å². The molecule has 0 aliphatic carbocycles. The van der Waals surface area contributed by atoms with Crippen molar-refractivity contribution in [3.63, 3.8) is 0 Å². The van der Waals surface area contributed by atoms with E-state index in [-0.39, 0.29) is 102 Å². The van der Waals surface area contributed by atoms with Crippen molar-refractivity contribution in [1.29, 1.82) is 0 Å². The number of nitrogens with one attached hydrogen (secondary N) is 11. The van der Waals surface area contributed by atoms with Crippen LogP contribution in [0.25, 0.3) is 0 Å². The zero-order valence-electron chi connectivity index (χ0n) is 65.1. The van der Waals surface area contributed by atoms with E-state index in [4.69, 9.17) is 17.2 Å². The molecule has 0 bridgehead atoms. The minimum Gasteiger partial charge on any atom is -0.480 e. The normalized spacial score (nSPS) is 18.6. The fourth-order valence-electron chi connectivity index (χ4n) is 13.4. The number of carboxylic acid groups (broad SMARTS) is 1. The van der Waals surface area contributed by atoms with Gasteiger partial charge in [-0.3, -0.25) is 81.5 Å². The molecular formula is C77H109N17O19S. The summed E-state index contributed by atoms with van der Waals surface area (Å²) in [5, 5.41) is 47.8. The summed E-state index contributed by atoms with van der Waals surface area (Å²) in [5.74, 6) is -14.6. The molecule has 3 heterocycles. The van der Waals surface area contributed by atoms with E-state index in [9.17, 15) is 91.7 Å². The van der Waals surface area contributed by atoms with Gasteiger partial charge < -0.3 is 101 Å². The van der Waals surface area contributed by atoms with Gasteiger partial charge in [-0.25, -0.2) is 0 Å². The number of likely N-dealkylation sites (tertiary alicyclic amines) is 3. The molecule has 114 heavy (non-hydrogen) atoms. The number of thiol groups is 1. The zero-order valence-corrected chi connectivity index (χ0v) is 66.0. The second-order valence-electron chi connectivity index (χ2n) is 29.4. The van der Waals surface area contributed by atoms with Crippen molar-refractivity contribution in [2.45, 2.75) is 235 Å². The van der Waals surface area contributed by atoms with Gasteiger partial charge in [0.25, 0.3) is 0 Å².